The molecule has 0 radical (unpaired) electrons. The molecule has 3 nitrogen and oxygen atoms in total. The van der Waals surface area contributed by atoms with E-state index in [9.17, 15) is 13.6 Å². The number of carboxylic acids is 1. The highest BCUT2D eigenvalue weighted by molar-refractivity contribution is 5.66. The van der Waals surface area contributed by atoms with Crippen LogP contribution in [-0.4, -0.2) is 24.7 Å². The van der Waals surface area contributed by atoms with Crippen LogP contribution < -0.4 is 4.90 Å². The van der Waals surface area contributed by atoms with Gasteiger partial charge in [0.15, 0.2) is 0 Å². The van der Waals surface area contributed by atoms with E-state index in [-0.39, 0.29) is 12.1 Å². The molecule has 0 aliphatic carbocycles. The minimum Gasteiger partial charge on any atom is -0.481 e. The molecule has 0 saturated heterocycles. The van der Waals surface area contributed by atoms with Crippen LogP contribution in [0.5, 0.6) is 0 Å². The topological polar surface area (TPSA) is 40.5 Å². The Kier molecular flexibility index (Phi) is 4.22. The maximum absolute atomic E-state index is 13.3. The van der Waals surface area contributed by atoms with Crippen molar-refractivity contribution >= 4 is 11.7 Å². The number of halogens is 2. The van der Waals surface area contributed by atoms with E-state index in [1.807, 2.05) is 0 Å². The van der Waals surface area contributed by atoms with E-state index in [0.29, 0.717) is 13.0 Å². The van der Waals surface area contributed by atoms with Crippen LogP contribution in [0, 0.1) is 11.6 Å². The van der Waals surface area contributed by atoms with Gasteiger partial charge in [0, 0.05) is 26.1 Å². The first-order valence-electron chi connectivity index (χ1n) is 4.88. The Hall–Kier alpha value is -1.65. The molecule has 0 aliphatic heterocycles. The quantitative estimate of drug-likeness (QED) is 0.842. The lowest BCUT2D eigenvalue weighted by Gasteiger charge is -2.19. The third-order valence-corrected chi connectivity index (χ3v) is 2.21. The van der Waals surface area contributed by atoms with Crippen LogP contribution >= 0.6 is 0 Å². The second-order valence-corrected chi connectivity index (χ2v) is 3.51. The summed E-state index contributed by atoms with van der Waals surface area (Å²) in [5, 5.41) is 8.45. The summed E-state index contributed by atoms with van der Waals surface area (Å²) in [6, 6.07) is 3.32. The molecule has 1 rings (SSSR count). The fourth-order valence-corrected chi connectivity index (χ4v) is 1.38. The third kappa shape index (κ3) is 3.49. The van der Waals surface area contributed by atoms with E-state index in [4.69, 9.17) is 5.11 Å². The van der Waals surface area contributed by atoms with Gasteiger partial charge in [-0.3, -0.25) is 4.79 Å². The van der Waals surface area contributed by atoms with E-state index >= 15 is 0 Å². The average Bonchev–Trinajstić information content (AvgIpc) is 2.16. The molecule has 88 valence electrons. The summed E-state index contributed by atoms with van der Waals surface area (Å²) in [4.78, 5) is 11.9. The Balaban J connectivity index is 2.58. The molecule has 1 aromatic rings. The van der Waals surface area contributed by atoms with Crippen molar-refractivity contribution in [2.75, 3.05) is 18.5 Å². The zero-order chi connectivity index (χ0) is 12.1. The Morgan fingerprint density at radius 3 is 2.69 bits per heavy atom. The first-order valence-corrected chi connectivity index (χ1v) is 4.88. The number of carbonyl (C=O) groups is 1. The first kappa shape index (κ1) is 12.4. The van der Waals surface area contributed by atoms with Gasteiger partial charge < -0.3 is 10.0 Å². The van der Waals surface area contributed by atoms with Crippen molar-refractivity contribution < 1.29 is 18.7 Å². The third-order valence-electron chi connectivity index (χ3n) is 2.21. The van der Waals surface area contributed by atoms with Gasteiger partial charge in [0.2, 0.25) is 0 Å². The standard InChI is InChI=1S/C11H13F2NO2/c1-14(6-2-3-11(15)16)10-5-4-8(12)7-9(10)13/h4-5,7H,2-3,6H2,1H3,(H,15,16). The minimum absolute atomic E-state index is 0.0349. The Morgan fingerprint density at radius 2 is 2.12 bits per heavy atom. The lowest BCUT2D eigenvalue weighted by atomic mass is 10.2. The van der Waals surface area contributed by atoms with Crippen LogP contribution in [0.25, 0.3) is 0 Å². The van der Waals surface area contributed by atoms with Crippen molar-refractivity contribution in [3.8, 4) is 0 Å². The van der Waals surface area contributed by atoms with Gasteiger partial charge >= 0.3 is 5.97 Å². The smallest absolute Gasteiger partial charge is 0.303 e. The van der Waals surface area contributed by atoms with Crippen molar-refractivity contribution in [3.63, 3.8) is 0 Å². The number of nitrogens with zero attached hydrogens (tertiary/aromatic N) is 1. The van der Waals surface area contributed by atoms with Crippen LogP contribution in [0.4, 0.5) is 14.5 Å². The molecule has 0 unspecified atom stereocenters. The number of benzene rings is 1. The molecule has 0 heterocycles. The summed E-state index contributed by atoms with van der Waals surface area (Å²) < 4.78 is 25.9. The average molecular weight is 229 g/mol. The van der Waals surface area contributed by atoms with Crippen LogP contribution in [-0.2, 0) is 4.79 Å². The summed E-state index contributed by atoms with van der Waals surface area (Å²) in [5.41, 5.74) is 0.270. The van der Waals surface area contributed by atoms with Crippen LogP contribution in [0.2, 0.25) is 0 Å². The molecule has 0 bridgehead atoms. The number of aliphatic carboxylic acids is 1. The van der Waals surface area contributed by atoms with E-state index in [1.54, 1.807) is 11.9 Å². The van der Waals surface area contributed by atoms with Gasteiger partial charge in [-0.25, -0.2) is 8.78 Å². The molecule has 0 aromatic heterocycles. The number of anilines is 1. The largest absolute Gasteiger partial charge is 0.481 e. The van der Waals surface area contributed by atoms with Crippen LogP contribution in [0.1, 0.15) is 12.8 Å². The molecule has 0 amide bonds. The molecule has 16 heavy (non-hydrogen) atoms. The van der Waals surface area contributed by atoms with Gasteiger partial charge in [-0.2, -0.15) is 0 Å². The zero-order valence-corrected chi connectivity index (χ0v) is 8.91. The predicted octanol–water partition coefficient (Wildman–Crippen LogP) is 2.27. The van der Waals surface area contributed by atoms with E-state index in [0.717, 1.165) is 6.07 Å². The van der Waals surface area contributed by atoms with Gasteiger partial charge in [0.05, 0.1) is 5.69 Å². The van der Waals surface area contributed by atoms with Crippen molar-refractivity contribution in [2.45, 2.75) is 12.8 Å². The minimum atomic E-state index is -0.882. The maximum Gasteiger partial charge on any atom is 0.303 e. The summed E-state index contributed by atoms with van der Waals surface area (Å²) in [6.45, 7) is 0.412. The number of hydrogen-bond donors (Lipinski definition) is 1. The lowest BCUT2D eigenvalue weighted by molar-refractivity contribution is -0.137. The highest BCUT2D eigenvalue weighted by atomic mass is 19.1. The SMILES string of the molecule is CN(CCCC(=O)O)c1ccc(F)cc1F. The van der Waals surface area contributed by atoms with Gasteiger partial charge in [-0.15, -0.1) is 0 Å². The molecule has 1 N–H and O–H groups in total. The van der Waals surface area contributed by atoms with Gasteiger partial charge in [0.1, 0.15) is 11.6 Å². The first-order chi connectivity index (χ1) is 7.50. The monoisotopic (exact) mass is 229 g/mol. The van der Waals surface area contributed by atoms with Gasteiger partial charge in [0.25, 0.3) is 0 Å². The van der Waals surface area contributed by atoms with Gasteiger partial charge in [-0.1, -0.05) is 0 Å². The molecule has 1 aromatic carbocycles. The highest BCUT2D eigenvalue weighted by Gasteiger charge is 2.08. The van der Waals surface area contributed by atoms with E-state index in [2.05, 4.69) is 0 Å². The molecular weight excluding hydrogens is 216 g/mol. The van der Waals surface area contributed by atoms with Crippen molar-refractivity contribution in [3.05, 3.63) is 29.8 Å². The van der Waals surface area contributed by atoms with Crippen molar-refractivity contribution in [1.29, 1.82) is 0 Å². The van der Waals surface area contributed by atoms with Crippen molar-refractivity contribution in [2.24, 2.45) is 0 Å². The molecule has 0 atom stereocenters. The van der Waals surface area contributed by atoms with Crippen LogP contribution in [0.3, 0.4) is 0 Å². The second-order valence-electron chi connectivity index (χ2n) is 3.51. The molecule has 0 saturated carbocycles. The summed E-state index contributed by atoms with van der Waals surface area (Å²) >= 11 is 0. The normalized spacial score (nSPS) is 10.2. The molecule has 0 aliphatic rings. The van der Waals surface area contributed by atoms with E-state index in [1.165, 1.54) is 12.1 Å². The molecule has 0 spiro atoms. The van der Waals surface area contributed by atoms with Gasteiger partial charge in [-0.05, 0) is 18.6 Å². The van der Waals surface area contributed by atoms with Crippen LogP contribution in [0.15, 0.2) is 18.2 Å². The zero-order valence-electron chi connectivity index (χ0n) is 8.91. The summed E-state index contributed by atoms with van der Waals surface area (Å²) in [7, 11) is 1.64. The Labute approximate surface area is 92.3 Å². The highest BCUT2D eigenvalue weighted by Crippen LogP contribution is 2.19. The number of hydrogen-bond acceptors (Lipinski definition) is 2. The van der Waals surface area contributed by atoms with E-state index < -0.39 is 17.6 Å². The fraction of sp³-hybridized carbons (Fsp3) is 0.364. The number of carboxylic acid groups (broad SMARTS) is 1. The molecule has 0 fully saturated rings. The second kappa shape index (κ2) is 5.44. The predicted molar refractivity (Wildman–Crippen MR) is 56.5 cm³/mol. The Bertz CT molecular complexity index is 382. The lowest BCUT2D eigenvalue weighted by Crippen LogP contribution is -2.20. The fourth-order valence-electron chi connectivity index (χ4n) is 1.38. The maximum atomic E-state index is 13.3. The summed E-state index contributed by atoms with van der Waals surface area (Å²) in [5.74, 6) is -2.15. The Morgan fingerprint density at radius 1 is 1.44 bits per heavy atom. The number of rotatable bonds is 5. The molecule has 5 heteroatoms. The molecular formula is C11H13F2NO2. The van der Waals surface area contributed by atoms with Crippen molar-refractivity contribution in [1.82, 2.24) is 0 Å². The summed E-state index contributed by atoms with van der Waals surface area (Å²) in [6.07, 6.45) is 0.454.